The van der Waals surface area contributed by atoms with Crippen LogP contribution in [0.25, 0.3) is 10.9 Å². The lowest BCUT2D eigenvalue weighted by Crippen LogP contribution is -2.35. The molecule has 1 aliphatic heterocycles. The van der Waals surface area contributed by atoms with Crippen molar-refractivity contribution in [3.8, 4) is 0 Å². The van der Waals surface area contributed by atoms with Crippen LogP contribution in [0, 0.1) is 0 Å². The van der Waals surface area contributed by atoms with Crippen LogP contribution in [0.2, 0.25) is 0 Å². The molecule has 2 heterocycles. The number of nitrogens with one attached hydrogen (secondary N) is 1. The Bertz CT molecular complexity index is 998. The number of amides is 1. The molecule has 1 aliphatic rings. The van der Waals surface area contributed by atoms with Crippen LogP contribution in [0.1, 0.15) is 23.7 Å². The van der Waals surface area contributed by atoms with Gasteiger partial charge in [0, 0.05) is 28.4 Å². The third-order valence-corrected chi connectivity index (χ3v) is 5.90. The standard InChI is InChI=1S/C21H20N2O3S/c1-14-9-11-23(18-4-2-3-5-19(18)27-14)20(24)13-26-21(25)16-7-6-15-8-10-22-17(15)12-16/h2-8,10,12,14,22H,9,11,13H2,1H3/t14-/m1/s1. The molecule has 138 valence electrons. The van der Waals surface area contributed by atoms with Crippen LogP contribution in [0.3, 0.4) is 0 Å². The number of hydrogen-bond acceptors (Lipinski definition) is 4. The molecular weight excluding hydrogens is 360 g/mol. The second kappa shape index (κ2) is 7.48. The Kier molecular flexibility index (Phi) is 4.90. The lowest BCUT2D eigenvalue weighted by molar-refractivity contribution is -0.121. The van der Waals surface area contributed by atoms with Crippen molar-refractivity contribution in [2.24, 2.45) is 0 Å². The minimum atomic E-state index is -0.495. The first-order valence-electron chi connectivity index (χ1n) is 8.92. The summed E-state index contributed by atoms with van der Waals surface area (Å²) >= 11 is 1.77. The van der Waals surface area contributed by atoms with E-state index in [4.69, 9.17) is 4.74 Å². The molecule has 0 aliphatic carbocycles. The topological polar surface area (TPSA) is 62.4 Å². The Labute approximate surface area is 161 Å². The number of hydrogen-bond donors (Lipinski definition) is 1. The van der Waals surface area contributed by atoms with Crippen molar-refractivity contribution in [2.75, 3.05) is 18.1 Å². The molecule has 5 nitrogen and oxygen atoms in total. The molecule has 1 atom stereocenters. The van der Waals surface area contributed by atoms with E-state index in [9.17, 15) is 9.59 Å². The van der Waals surface area contributed by atoms with E-state index >= 15 is 0 Å². The van der Waals surface area contributed by atoms with Crippen LogP contribution in [-0.4, -0.2) is 35.3 Å². The summed E-state index contributed by atoms with van der Waals surface area (Å²) in [5.41, 5.74) is 2.18. The predicted octanol–water partition coefficient (Wildman–Crippen LogP) is 4.24. The third-order valence-electron chi connectivity index (χ3n) is 4.66. The Hall–Kier alpha value is -2.73. The molecule has 0 radical (unpaired) electrons. The van der Waals surface area contributed by atoms with E-state index < -0.39 is 5.97 Å². The number of para-hydroxylation sites is 1. The number of carbonyl (C=O) groups is 2. The maximum atomic E-state index is 12.8. The van der Waals surface area contributed by atoms with Gasteiger partial charge in [-0.1, -0.05) is 25.1 Å². The quantitative estimate of drug-likeness (QED) is 0.690. The summed E-state index contributed by atoms with van der Waals surface area (Å²) in [4.78, 5) is 31.0. The number of aromatic nitrogens is 1. The molecule has 0 saturated heterocycles. The highest BCUT2D eigenvalue weighted by atomic mass is 32.2. The zero-order chi connectivity index (χ0) is 18.8. The Morgan fingerprint density at radius 2 is 2.07 bits per heavy atom. The molecule has 0 spiro atoms. The van der Waals surface area contributed by atoms with Gasteiger partial charge < -0.3 is 14.6 Å². The van der Waals surface area contributed by atoms with E-state index in [2.05, 4.69) is 11.9 Å². The summed E-state index contributed by atoms with van der Waals surface area (Å²) < 4.78 is 5.30. The predicted molar refractivity (Wildman–Crippen MR) is 107 cm³/mol. The van der Waals surface area contributed by atoms with Gasteiger partial charge in [0.25, 0.3) is 5.91 Å². The summed E-state index contributed by atoms with van der Waals surface area (Å²) in [6, 6.07) is 15.1. The Morgan fingerprint density at radius 1 is 1.22 bits per heavy atom. The fourth-order valence-electron chi connectivity index (χ4n) is 3.21. The lowest BCUT2D eigenvalue weighted by Gasteiger charge is -2.22. The number of benzene rings is 2. The molecule has 1 N–H and O–H groups in total. The second-order valence-corrected chi connectivity index (χ2v) is 8.07. The molecule has 27 heavy (non-hydrogen) atoms. The number of aromatic amines is 1. The fourth-order valence-corrected chi connectivity index (χ4v) is 4.32. The molecule has 3 aromatic rings. The number of anilines is 1. The highest BCUT2D eigenvalue weighted by Crippen LogP contribution is 2.37. The first kappa shape index (κ1) is 17.7. The van der Waals surface area contributed by atoms with E-state index in [0.29, 0.717) is 17.4 Å². The molecule has 1 amide bonds. The van der Waals surface area contributed by atoms with Crippen LogP contribution in [0.4, 0.5) is 5.69 Å². The number of rotatable bonds is 3. The lowest BCUT2D eigenvalue weighted by atomic mass is 10.2. The average molecular weight is 380 g/mol. The summed E-state index contributed by atoms with van der Waals surface area (Å²) in [5.74, 6) is -0.697. The highest BCUT2D eigenvalue weighted by molar-refractivity contribution is 8.00. The van der Waals surface area contributed by atoms with E-state index in [1.165, 1.54) is 0 Å². The molecular formula is C21H20N2O3S. The van der Waals surface area contributed by atoms with Crippen LogP contribution >= 0.6 is 11.8 Å². The number of nitrogens with zero attached hydrogens (tertiary/aromatic N) is 1. The monoisotopic (exact) mass is 380 g/mol. The number of esters is 1. The highest BCUT2D eigenvalue weighted by Gasteiger charge is 2.25. The summed E-state index contributed by atoms with van der Waals surface area (Å²) in [7, 11) is 0. The van der Waals surface area contributed by atoms with E-state index in [1.807, 2.05) is 42.6 Å². The van der Waals surface area contributed by atoms with Gasteiger partial charge in [0.1, 0.15) is 0 Å². The molecule has 2 aromatic carbocycles. The Balaban J connectivity index is 1.46. The van der Waals surface area contributed by atoms with Gasteiger partial charge in [-0.15, -0.1) is 11.8 Å². The minimum Gasteiger partial charge on any atom is -0.452 e. The van der Waals surface area contributed by atoms with Gasteiger partial charge in [-0.3, -0.25) is 4.79 Å². The van der Waals surface area contributed by atoms with Crippen molar-refractivity contribution in [2.45, 2.75) is 23.5 Å². The summed E-state index contributed by atoms with van der Waals surface area (Å²) in [6.45, 7) is 2.51. The number of thioether (sulfide) groups is 1. The van der Waals surface area contributed by atoms with Crippen LogP contribution < -0.4 is 4.90 Å². The molecule has 6 heteroatoms. The fraction of sp³-hybridized carbons (Fsp3) is 0.238. The van der Waals surface area contributed by atoms with Crippen molar-refractivity contribution in [1.82, 2.24) is 4.98 Å². The molecule has 4 rings (SSSR count). The SMILES string of the molecule is C[C@@H]1CCN(C(=O)COC(=O)c2ccc3cc[nH]c3c2)c2ccccc2S1. The van der Waals surface area contributed by atoms with Crippen molar-refractivity contribution in [1.29, 1.82) is 0 Å². The molecule has 0 unspecified atom stereocenters. The van der Waals surface area contributed by atoms with E-state index in [-0.39, 0.29) is 12.5 Å². The first-order chi connectivity index (χ1) is 13.1. The number of H-pyrrole nitrogens is 1. The third kappa shape index (κ3) is 3.71. The van der Waals surface area contributed by atoms with Crippen molar-refractivity contribution >= 4 is 40.2 Å². The van der Waals surface area contributed by atoms with Gasteiger partial charge in [0.15, 0.2) is 6.61 Å². The largest absolute Gasteiger partial charge is 0.452 e. The zero-order valence-corrected chi connectivity index (χ0v) is 15.8. The molecule has 0 bridgehead atoms. The maximum Gasteiger partial charge on any atom is 0.338 e. The molecule has 1 aromatic heterocycles. The van der Waals surface area contributed by atoms with Crippen LogP contribution in [-0.2, 0) is 9.53 Å². The summed E-state index contributed by atoms with van der Waals surface area (Å²) in [5, 5.41) is 1.45. The average Bonchev–Trinajstić information content (AvgIpc) is 3.08. The number of carbonyl (C=O) groups excluding carboxylic acids is 2. The maximum absolute atomic E-state index is 12.8. The van der Waals surface area contributed by atoms with Gasteiger partial charge in [-0.2, -0.15) is 0 Å². The summed E-state index contributed by atoms with van der Waals surface area (Å²) in [6.07, 6.45) is 2.71. The van der Waals surface area contributed by atoms with Gasteiger partial charge in [-0.25, -0.2) is 4.79 Å². The van der Waals surface area contributed by atoms with Crippen molar-refractivity contribution in [3.05, 3.63) is 60.3 Å². The first-order valence-corrected chi connectivity index (χ1v) is 9.80. The number of ether oxygens (including phenoxy) is 1. The van der Waals surface area contributed by atoms with Crippen LogP contribution in [0.5, 0.6) is 0 Å². The van der Waals surface area contributed by atoms with Crippen molar-refractivity contribution in [3.63, 3.8) is 0 Å². The molecule has 0 saturated carbocycles. The minimum absolute atomic E-state index is 0.202. The number of fused-ring (bicyclic) bond motifs is 2. The zero-order valence-electron chi connectivity index (χ0n) is 15.0. The van der Waals surface area contributed by atoms with E-state index in [0.717, 1.165) is 27.9 Å². The Morgan fingerprint density at radius 3 is 2.96 bits per heavy atom. The smallest absolute Gasteiger partial charge is 0.338 e. The van der Waals surface area contributed by atoms with Gasteiger partial charge in [-0.05, 0) is 42.1 Å². The van der Waals surface area contributed by atoms with Gasteiger partial charge in [0.05, 0.1) is 11.3 Å². The van der Waals surface area contributed by atoms with Crippen LogP contribution in [0.15, 0.2) is 59.6 Å². The molecule has 0 fully saturated rings. The van der Waals surface area contributed by atoms with Crippen molar-refractivity contribution < 1.29 is 14.3 Å². The van der Waals surface area contributed by atoms with E-state index in [1.54, 1.807) is 28.8 Å². The second-order valence-electron chi connectivity index (χ2n) is 6.59. The normalized spacial score (nSPS) is 16.6. The van der Waals surface area contributed by atoms with Gasteiger partial charge >= 0.3 is 5.97 Å². The van der Waals surface area contributed by atoms with Gasteiger partial charge in [0.2, 0.25) is 0 Å².